The second-order valence-electron chi connectivity index (χ2n) is 4.71. The summed E-state index contributed by atoms with van der Waals surface area (Å²) in [6, 6.07) is 3.96. The van der Waals surface area contributed by atoms with Crippen LogP contribution in [0.3, 0.4) is 0 Å². The number of thiophene rings is 1. The summed E-state index contributed by atoms with van der Waals surface area (Å²) in [5, 5.41) is 6.03. The number of hydrogen-bond donors (Lipinski definition) is 0. The highest BCUT2D eigenvalue weighted by Gasteiger charge is 2.26. The molecule has 1 fully saturated rings. The molecule has 0 radical (unpaired) electrons. The Kier molecular flexibility index (Phi) is 3.33. The Hall–Kier alpha value is -1.69. The lowest BCUT2D eigenvalue weighted by molar-refractivity contribution is -0.129. The number of likely N-dealkylation sites (tertiary alicyclic amines) is 1. The van der Waals surface area contributed by atoms with Crippen molar-refractivity contribution in [2.45, 2.75) is 25.7 Å². The smallest absolute Gasteiger partial charge is 0.230 e. The number of amides is 1. The van der Waals surface area contributed by atoms with E-state index in [4.69, 9.17) is 4.52 Å². The molecule has 3 rings (SSSR count). The fraction of sp³-hybridized carbons (Fsp3) is 0.462. The molecule has 0 aliphatic carbocycles. The zero-order chi connectivity index (χ0) is 13.2. The number of carbonyl (C=O) groups is 1. The summed E-state index contributed by atoms with van der Waals surface area (Å²) in [6.07, 6.45) is 1.79. The molecular weight excluding hydrogens is 262 g/mol. The van der Waals surface area contributed by atoms with Gasteiger partial charge in [0.05, 0.1) is 4.88 Å². The molecule has 0 unspecified atom stereocenters. The number of nitrogens with zero attached hydrogens (tertiary/aromatic N) is 3. The van der Waals surface area contributed by atoms with Crippen LogP contribution in [0, 0.1) is 0 Å². The van der Waals surface area contributed by atoms with E-state index in [1.165, 1.54) is 0 Å². The highest BCUT2D eigenvalue weighted by Crippen LogP contribution is 2.29. The minimum Gasteiger partial charge on any atom is -0.343 e. The van der Waals surface area contributed by atoms with Crippen LogP contribution in [0.15, 0.2) is 22.0 Å². The summed E-state index contributed by atoms with van der Waals surface area (Å²) in [4.78, 5) is 18.6. The van der Waals surface area contributed by atoms with Crippen LogP contribution in [0.5, 0.6) is 0 Å². The highest BCUT2D eigenvalue weighted by atomic mass is 32.1. The first-order chi connectivity index (χ1) is 9.24. The second-order valence-corrected chi connectivity index (χ2v) is 5.66. The summed E-state index contributed by atoms with van der Waals surface area (Å²) in [7, 11) is 0. The maximum Gasteiger partial charge on any atom is 0.230 e. The fourth-order valence-corrected chi connectivity index (χ4v) is 3.00. The van der Waals surface area contributed by atoms with Crippen LogP contribution < -0.4 is 0 Å². The molecule has 0 N–H and O–H groups in total. The van der Waals surface area contributed by atoms with Crippen LogP contribution in [0.25, 0.3) is 10.7 Å². The zero-order valence-corrected chi connectivity index (χ0v) is 11.5. The third-order valence-corrected chi connectivity index (χ3v) is 4.34. The van der Waals surface area contributed by atoms with Gasteiger partial charge in [-0.1, -0.05) is 11.2 Å². The fourth-order valence-electron chi connectivity index (χ4n) is 2.35. The molecule has 0 aromatic carbocycles. The predicted octanol–water partition coefficient (Wildman–Crippen LogP) is 2.52. The van der Waals surface area contributed by atoms with Crippen molar-refractivity contribution in [2.75, 3.05) is 13.1 Å². The van der Waals surface area contributed by atoms with Gasteiger partial charge in [-0.3, -0.25) is 4.79 Å². The molecule has 0 saturated carbocycles. The van der Waals surface area contributed by atoms with E-state index in [0.717, 1.165) is 30.8 Å². The number of aromatic nitrogens is 2. The van der Waals surface area contributed by atoms with Crippen LogP contribution in [-0.4, -0.2) is 34.0 Å². The van der Waals surface area contributed by atoms with Gasteiger partial charge in [0, 0.05) is 25.9 Å². The van der Waals surface area contributed by atoms with Gasteiger partial charge in [0.1, 0.15) is 0 Å². The molecule has 1 amide bonds. The monoisotopic (exact) mass is 277 g/mol. The van der Waals surface area contributed by atoms with Crippen LogP contribution in [0.4, 0.5) is 0 Å². The molecule has 1 saturated heterocycles. The quantitative estimate of drug-likeness (QED) is 0.846. The number of rotatable bonds is 2. The number of piperidine rings is 1. The molecule has 19 heavy (non-hydrogen) atoms. The van der Waals surface area contributed by atoms with Crippen molar-refractivity contribution < 1.29 is 9.32 Å². The molecule has 100 valence electrons. The first-order valence-electron chi connectivity index (χ1n) is 6.37. The maximum atomic E-state index is 11.3. The first-order valence-corrected chi connectivity index (χ1v) is 7.25. The lowest BCUT2D eigenvalue weighted by atomic mass is 9.97. The van der Waals surface area contributed by atoms with Crippen molar-refractivity contribution in [3.05, 3.63) is 23.4 Å². The SMILES string of the molecule is CC(=O)N1CCC(c2nc(-c3cccs3)no2)CC1. The topological polar surface area (TPSA) is 59.2 Å². The summed E-state index contributed by atoms with van der Waals surface area (Å²) in [5.74, 6) is 1.78. The minimum absolute atomic E-state index is 0.142. The van der Waals surface area contributed by atoms with Crippen molar-refractivity contribution >= 4 is 17.2 Å². The predicted molar refractivity (Wildman–Crippen MR) is 71.8 cm³/mol. The third kappa shape index (κ3) is 2.53. The van der Waals surface area contributed by atoms with Gasteiger partial charge in [-0.25, -0.2) is 0 Å². The molecule has 0 bridgehead atoms. The normalized spacial score (nSPS) is 16.8. The summed E-state index contributed by atoms with van der Waals surface area (Å²) >= 11 is 1.60. The van der Waals surface area contributed by atoms with Crippen LogP contribution in [0.2, 0.25) is 0 Å². The number of carbonyl (C=O) groups excluding carboxylic acids is 1. The van der Waals surface area contributed by atoms with E-state index in [0.29, 0.717) is 11.7 Å². The van der Waals surface area contributed by atoms with E-state index in [9.17, 15) is 4.79 Å². The maximum absolute atomic E-state index is 11.3. The molecular formula is C13H15N3O2S. The van der Waals surface area contributed by atoms with E-state index in [2.05, 4.69) is 10.1 Å². The molecule has 0 atom stereocenters. The Morgan fingerprint density at radius 2 is 2.26 bits per heavy atom. The molecule has 3 heterocycles. The van der Waals surface area contributed by atoms with Crippen molar-refractivity contribution in [2.24, 2.45) is 0 Å². The first kappa shape index (κ1) is 12.3. The Balaban J connectivity index is 1.69. The molecule has 2 aromatic heterocycles. The van der Waals surface area contributed by atoms with E-state index in [1.807, 2.05) is 22.4 Å². The summed E-state index contributed by atoms with van der Waals surface area (Å²) in [6.45, 7) is 3.16. The van der Waals surface area contributed by atoms with Crippen molar-refractivity contribution in [3.63, 3.8) is 0 Å². The molecule has 1 aliphatic heterocycles. The van der Waals surface area contributed by atoms with Gasteiger partial charge in [0.15, 0.2) is 0 Å². The van der Waals surface area contributed by atoms with E-state index < -0.39 is 0 Å². The second kappa shape index (κ2) is 5.13. The Morgan fingerprint density at radius 3 is 2.89 bits per heavy atom. The van der Waals surface area contributed by atoms with Gasteiger partial charge < -0.3 is 9.42 Å². The molecule has 1 aliphatic rings. The molecule has 2 aromatic rings. The van der Waals surface area contributed by atoms with Crippen molar-refractivity contribution in [3.8, 4) is 10.7 Å². The molecule has 6 heteroatoms. The summed E-state index contributed by atoms with van der Waals surface area (Å²) in [5.41, 5.74) is 0. The Bertz CT molecular complexity index is 556. The lowest BCUT2D eigenvalue weighted by Crippen LogP contribution is -2.36. The van der Waals surface area contributed by atoms with Crippen molar-refractivity contribution in [1.29, 1.82) is 0 Å². The van der Waals surface area contributed by atoms with E-state index >= 15 is 0 Å². The molecule has 5 nitrogen and oxygen atoms in total. The largest absolute Gasteiger partial charge is 0.343 e. The average molecular weight is 277 g/mol. The van der Waals surface area contributed by atoms with Gasteiger partial charge in [-0.05, 0) is 24.3 Å². The van der Waals surface area contributed by atoms with Gasteiger partial charge in [-0.2, -0.15) is 4.98 Å². The highest BCUT2D eigenvalue weighted by molar-refractivity contribution is 7.13. The lowest BCUT2D eigenvalue weighted by Gasteiger charge is -2.29. The van der Waals surface area contributed by atoms with E-state index in [1.54, 1.807) is 18.3 Å². The van der Waals surface area contributed by atoms with Gasteiger partial charge in [0.25, 0.3) is 0 Å². The van der Waals surface area contributed by atoms with Crippen molar-refractivity contribution in [1.82, 2.24) is 15.0 Å². The van der Waals surface area contributed by atoms with Gasteiger partial charge >= 0.3 is 0 Å². The third-order valence-electron chi connectivity index (χ3n) is 3.47. The Labute approximate surface area is 115 Å². The van der Waals surface area contributed by atoms with E-state index in [-0.39, 0.29) is 11.8 Å². The van der Waals surface area contributed by atoms with Gasteiger partial charge in [-0.15, -0.1) is 11.3 Å². The van der Waals surface area contributed by atoms with Crippen LogP contribution in [0.1, 0.15) is 31.6 Å². The van der Waals surface area contributed by atoms with Crippen LogP contribution >= 0.6 is 11.3 Å². The molecule has 0 spiro atoms. The van der Waals surface area contributed by atoms with Gasteiger partial charge in [0.2, 0.25) is 17.6 Å². The average Bonchev–Trinajstić information content (AvgIpc) is 3.10. The number of hydrogen-bond acceptors (Lipinski definition) is 5. The van der Waals surface area contributed by atoms with Crippen LogP contribution in [-0.2, 0) is 4.79 Å². The Morgan fingerprint density at radius 1 is 1.47 bits per heavy atom. The summed E-state index contributed by atoms with van der Waals surface area (Å²) < 4.78 is 5.37. The minimum atomic E-state index is 0.142. The zero-order valence-electron chi connectivity index (χ0n) is 10.7. The standard InChI is InChI=1S/C13H15N3O2S/c1-9(17)16-6-4-10(5-7-16)13-14-12(15-18-13)11-3-2-8-19-11/h2-3,8,10H,4-7H2,1H3.